The Labute approximate surface area is 233 Å². The number of rotatable bonds is 9. The topological polar surface area (TPSA) is 101 Å². The number of anilines is 1. The van der Waals surface area contributed by atoms with E-state index < -0.39 is 30.6 Å². The fourth-order valence-corrected chi connectivity index (χ4v) is 4.68. The van der Waals surface area contributed by atoms with Gasteiger partial charge in [0.2, 0.25) is 0 Å². The minimum atomic E-state index is -4.38. The van der Waals surface area contributed by atoms with Crippen molar-refractivity contribution in [1.82, 2.24) is 19.9 Å². The van der Waals surface area contributed by atoms with Gasteiger partial charge in [0.25, 0.3) is 5.91 Å². The van der Waals surface area contributed by atoms with E-state index in [0.717, 1.165) is 12.8 Å². The quantitative estimate of drug-likeness (QED) is 0.234. The number of hydrogen-bond acceptors (Lipinski definition) is 6. The van der Waals surface area contributed by atoms with Crippen molar-refractivity contribution >= 4 is 17.2 Å². The summed E-state index contributed by atoms with van der Waals surface area (Å²) < 4.78 is 59.9. The molecule has 2 aromatic carbocycles. The molecule has 8 nitrogen and oxygen atoms in total. The molecule has 1 fully saturated rings. The van der Waals surface area contributed by atoms with E-state index in [-0.39, 0.29) is 40.3 Å². The average Bonchev–Trinajstić information content (AvgIpc) is 3.61. The van der Waals surface area contributed by atoms with E-state index in [4.69, 9.17) is 4.74 Å². The van der Waals surface area contributed by atoms with Crippen LogP contribution in [-0.4, -0.2) is 51.5 Å². The Bertz CT molecular complexity index is 1610. The average molecular weight is 572 g/mol. The smallest absolute Gasteiger partial charge is 0.390 e. The van der Waals surface area contributed by atoms with E-state index in [1.807, 2.05) is 0 Å². The van der Waals surface area contributed by atoms with Crippen LogP contribution in [0, 0.1) is 12.7 Å². The number of hydrogen-bond donors (Lipinski definition) is 3. The van der Waals surface area contributed by atoms with Gasteiger partial charge in [-0.05, 0) is 56.5 Å². The van der Waals surface area contributed by atoms with Crippen molar-refractivity contribution in [2.24, 2.45) is 0 Å². The first-order chi connectivity index (χ1) is 19.4. The number of aromatic nitrogens is 3. The fourth-order valence-electron chi connectivity index (χ4n) is 4.68. The Hall–Kier alpha value is -4.19. The zero-order valence-corrected chi connectivity index (χ0v) is 22.6. The van der Waals surface area contributed by atoms with Crippen molar-refractivity contribution in [3.8, 4) is 17.0 Å². The van der Waals surface area contributed by atoms with E-state index in [1.54, 1.807) is 25.1 Å². The Morgan fingerprint density at radius 3 is 2.61 bits per heavy atom. The third-order valence-corrected chi connectivity index (χ3v) is 7.07. The monoisotopic (exact) mass is 571 g/mol. The molecule has 12 heteroatoms. The molecule has 5 rings (SSSR count). The highest BCUT2D eigenvalue weighted by atomic mass is 19.4. The third-order valence-electron chi connectivity index (χ3n) is 7.07. The summed E-state index contributed by atoms with van der Waals surface area (Å²) >= 11 is 0. The zero-order chi connectivity index (χ0) is 29.5. The minimum Gasteiger partial charge on any atom is -0.493 e. The Morgan fingerprint density at radius 2 is 1.95 bits per heavy atom. The molecule has 0 bridgehead atoms. The maximum atomic E-state index is 14.5. The van der Waals surface area contributed by atoms with Crippen molar-refractivity contribution in [3.63, 3.8) is 0 Å². The molecule has 216 valence electrons. The Balaban J connectivity index is 1.61. The number of nitrogens with one attached hydrogen (secondary N) is 2. The van der Waals surface area contributed by atoms with Gasteiger partial charge in [0, 0.05) is 29.3 Å². The van der Waals surface area contributed by atoms with Gasteiger partial charge in [-0.3, -0.25) is 4.79 Å². The van der Waals surface area contributed by atoms with E-state index in [2.05, 4.69) is 20.7 Å². The highest BCUT2D eigenvalue weighted by Gasteiger charge is 2.34. The van der Waals surface area contributed by atoms with Gasteiger partial charge in [-0.2, -0.15) is 18.3 Å². The highest BCUT2D eigenvalue weighted by Crippen LogP contribution is 2.38. The Morgan fingerprint density at radius 1 is 1.20 bits per heavy atom. The molecule has 0 spiro atoms. The van der Waals surface area contributed by atoms with Gasteiger partial charge in [0.05, 0.1) is 36.8 Å². The first-order valence-corrected chi connectivity index (χ1v) is 13.1. The van der Waals surface area contributed by atoms with Gasteiger partial charge < -0.3 is 20.5 Å². The van der Waals surface area contributed by atoms with Crippen molar-refractivity contribution < 1.29 is 32.2 Å². The highest BCUT2D eigenvalue weighted by molar-refractivity contribution is 5.96. The SMILES string of the molecule is COc1c(F)cccc1C(C)(O)c1cc(NCCC(F)(F)F)c2ncc(-c3ccc(C(=O)NC4CC4)c(C)c3)n2n1. The number of imidazole rings is 1. The normalized spacial score (nSPS) is 15.0. The van der Waals surface area contributed by atoms with Gasteiger partial charge >= 0.3 is 6.18 Å². The first kappa shape index (κ1) is 28.3. The van der Waals surface area contributed by atoms with Crippen LogP contribution in [0.5, 0.6) is 5.75 Å². The molecule has 1 aliphatic rings. The van der Waals surface area contributed by atoms with Crippen LogP contribution in [0.25, 0.3) is 16.9 Å². The molecular weight excluding hydrogens is 542 g/mol. The van der Waals surface area contributed by atoms with Crippen LogP contribution in [0.3, 0.4) is 0 Å². The summed E-state index contributed by atoms with van der Waals surface area (Å²) in [5.41, 5.74) is 0.956. The van der Waals surface area contributed by atoms with Crippen LogP contribution in [0.4, 0.5) is 23.2 Å². The van der Waals surface area contributed by atoms with Crippen LogP contribution in [0.1, 0.15) is 53.4 Å². The van der Waals surface area contributed by atoms with Crippen molar-refractivity contribution in [1.29, 1.82) is 0 Å². The molecule has 1 saturated carbocycles. The van der Waals surface area contributed by atoms with Crippen LogP contribution in [-0.2, 0) is 5.60 Å². The number of carbonyl (C=O) groups is 1. The molecule has 2 aromatic heterocycles. The summed E-state index contributed by atoms with van der Waals surface area (Å²) in [5.74, 6) is -1.04. The molecule has 0 aliphatic heterocycles. The van der Waals surface area contributed by atoms with Gasteiger partial charge in [-0.1, -0.05) is 18.2 Å². The molecule has 4 aromatic rings. The number of aliphatic hydroxyl groups is 1. The summed E-state index contributed by atoms with van der Waals surface area (Å²) in [4.78, 5) is 17.0. The van der Waals surface area contributed by atoms with E-state index in [9.17, 15) is 27.5 Å². The summed E-state index contributed by atoms with van der Waals surface area (Å²) in [7, 11) is 1.27. The number of amides is 1. The van der Waals surface area contributed by atoms with Crippen LogP contribution < -0.4 is 15.4 Å². The number of nitrogens with zero attached hydrogens (tertiary/aromatic N) is 3. The first-order valence-electron chi connectivity index (χ1n) is 13.1. The molecule has 1 atom stereocenters. The van der Waals surface area contributed by atoms with Crippen LogP contribution in [0.15, 0.2) is 48.7 Å². The summed E-state index contributed by atoms with van der Waals surface area (Å²) in [6, 6.07) is 10.9. The second-order valence-electron chi connectivity index (χ2n) is 10.3. The van der Waals surface area contributed by atoms with Crippen molar-refractivity contribution in [2.45, 2.75) is 50.9 Å². The van der Waals surface area contributed by atoms with Gasteiger partial charge in [-0.15, -0.1) is 0 Å². The second-order valence-corrected chi connectivity index (χ2v) is 10.3. The Kier molecular flexibility index (Phi) is 7.37. The molecule has 3 N–H and O–H groups in total. The lowest BCUT2D eigenvalue weighted by atomic mass is 9.91. The number of ether oxygens (including phenoxy) is 1. The second kappa shape index (κ2) is 10.7. The lowest BCUT2D eigenvalue weighted by Crippen LogP contribution is -2.27. The lowest BCUT2D eigenvalue weighted by molar-refractivity contribution is -0.131. The standard InChI is InChI=1S/C29H29F4N5O3/c1-16-13-17(7-10-19(16)27(39)36-18-8-9-18)23-15-35-26-22(34-12-11-29(31,32)33)14-24(37-38(23)26)28(2,40)20-5-4-6-21(30)25(20)41-3/h4-7,10,13-15,18,34,40H,8-9,11-12H2,1-3H3,(H,36,39). The molecule has 2 heterocycles. The summed E-state index contributed by atoms with van der Waals surface area (Å²) in [6.45, 7) is 2.75. The minimum absolute atomic E-state index is 0.0137. The predicted molar refractivity (Wildman–Crippen MR) is 144 cm³/mol. The number of halogens is 4. The zero-order valence-electron chi connectivity index (χ0n) is 22.6. The molecule has 0 radical (unpaired) electrons. The molecule has 1 aliphatic carbocycles. The van der Waals surface area contributed by atoms with Gasteiger partial charge in [0.15, 0.2) is 17.2 Å². The largest absolute Gasteiger partial charge is 0.493 e. The summed E-state index contributed by atoms with van der Waals surface area (Å²) in [6.07, 6.45) is -2.04. The third kappa shape index (κ3) is 5.83. The van der Waals surface area contributed by atoms with E-state index in [0.29, 0.717) is 22.4 Å². The number of benzene rings is 2. The molecule has 1 amide bonds. The summed E-state index contributed by atoms with van der Waals surface area (Å²) in [5, 5.41) is 22.0. The number of para-hydroxylation sites is 1. The molecule has 1 unspecified atom stereocenters. The van der Waals surface area contributed by atoms with E-state index >= 15 is 0 Å². The van der Waals surface area contributed by atoms with Gasteiger partial charge in [0.1, 0.15) is 5.60 Å². The predicted octanol–water partition coefficient (Wildman–Crippen LogP) is 5.36. The molecule has 41 heavy (non-hydrogen) atoms. The van der Waals surface area contributed by atoms with Crippen LogP contribution >= 0.6 is 0 Å². The van der Waals surface area contributed by atoms with Crippen molar-refractivity contribution in [3.05, 3.63) is 76.9 Å². The maximum Gasteiger partial charge on any atom is 0.390 e. The van der Waals surface area contributed by atoms with E-state index in [1.165, 1.54) is 49.0 Å². The molecular formula is C29H29F4N5O3. The van der Waals surface area contributed by atoms with Crippen molar-refractivity contribution in [2.75, 3.05) is 19.0 Å². The molecule has 0 saturated heterocycles. The number of alkyl halides is 3. The maximum absolute atomic E-state index is 14.5. The van der Waals surface area contributed by atoms with Gasteiger partial charge in [-0.25, -0.2) is 13.9 Å². The number of aryl methyl sites for hydroxylation is 1. The number of methoxy groups -OCH3 is 1. The number of carbonyl (C=O) groups excluding carboxylic acids is 1. The fraction of sp³-hybridized carbons (Fsp3) is 0.345. The lowest BCUT2D eigenvalue weighted by Gasteiger charge is -2.26. The number of fused-ring (bicyclic) bond motifs is 1. The van der Waals surface area contributed by atoms with Crippen LogP contribution in [0.2, 0.25) is 0 Å².